The third-order valence-electron chi connectivity index (χ3n) is 2.91. The highest BCUT2D eigenvalue weighted by atomic mass is 16.5. The van der Waals surface area contributed by atoms with Gasteiger partial charge in [-0.2, -0.15) is 5.26 Å². The molecule has 4 nitrogen and oxygen atoms in total. The summed E-state index contributed by atoms with van der Waals surface area (Å²) in [6.45, 7) is 1.90. The number of pyridine rings is 1. The number of nitrogens with zero attached hydrogens (tertiary/aromatic N) is 3. The van der Waals surface area contributed by atoms with Gasteiger partial charge in [-0.3, -0.25) is 0 Å². The van der Waals surface area contributed by atoms with Crippen LogP contribution in [0.4, 0.5) is 5.82 Å². The fraction of sp³-hybridized carbons (Fsp3) is 0.500. The molecule has 1 aromatic heterocycles. The molecule has 0 aliphatic carbocycles. The first-order valence-corrected chi connectivity index (χ1v) is 5.47. The second-order valence-electron chi connectivity index (χ2n) is 3.96. The minimum Gasteiger partial charge on any atom is -0.380 e. The lowest BCUT2D eigenvalue weighted by Gasteiger charge is -2.32. The van der Waals surface area contributed by atoms with Crippen molar-refractivity contribution < 1.29 is 4.74 Å². The van der Waals surface area contributed by atoms with Crippen LogP contribution < -0.4 is 4.90 Å². The number of nitriles is 1. The molecule has 1 fully saturated rings. The normalized spacial score (nSPS) is 20.5. The molecular formula is C12H15N3O. The van der Waals surface area contributed by atoms with Gasteiger partial charge in [0.1, 0.15) is 11.9 Å². The number of hydrogen-bond acceptors (Lipinski definition) is 4. The van der Waals surface area contributed by atoms with E-state index in [1.807, 2.05) is 6.07 Å². The average molecular weight is 217 g/mol. The molecule has 1 atom stereocenters. The van der Waals surface area contributed by atoms with Crippen LogP contribution in [-0.4, -0.2) is 31.3 Å². The van der Waals surface area contributed by atoms with Gasteiger partial charge in [0, 0.05) is 26.4 Å². The topological polar surface area (TPSA) is 49.1 Å². The highest BCUT2D eigenvalue weighted by Crippen LogP contribution is 2.19. The number of methoxy groups -OCH3 is 1. The Bertz CT molecular complexity index is 382. The van der Waals surface area contributed by atoms with Crippen molar-refractivity contribution in [3.8, 4) is 6.07 Å². The molecule has 0 amide bonds. The molecule has 84 valence electrons. The van der Waals surface area contributed by atoms with Gasteiger partial charge in [0.05, 0.1) is 11.7 Å². The van der Waals surface area contributed by atoms with E-state index in [0.717, 1.165) is 31.7 Å². The van der Waals surface area contributed by atoms with Crippen LogP contribution in [0.15, 0.2) is 18.3 Å². The molecule has 2 heterocycles. The lowest BCUT2D eigenvalue weighted by Crippen LogP contribution is -2.39. The molecule has 0 radical (unpaired) electrons. The Hall–Kier alpha value is -1.60. The van der Waals surface area contributed by atoms with Crippen molar-refractivity contribution in [2.45, 2.75) is 18.9 Å². The van der Waals surface area contributed by atoms with Crippen molar-refractivity contribution in [3.63, 3.8) is 0 Å². The number of hydrogen-bond donors (Lipinski definition) is 0. The summed E-state index contributed by atoms with van der Waals surface area (Å²) in [5.41, 5.74) is 0.601. The first-order valence-electron chi connectivity index (χ1n) is 5.47. The molecule has 0 unspecified atom stereocenters. The summed E-state index contributed by atoms with van der Waals surface area (Å²) in [7, 11) is 1.75. The SMILES string of the molecule is CO[C@H]1CCCN(c2ccc(C#N)cn2)C1. The van der Waals surface area contributed by atoms with Gasteiger partial charge in [0.15, 0.2) is 0 Å². The van der Waals surface area contributed by atoms with E-state index in [2.05, 4.69) is 16.0 Å². The number of ether oxygens (including phenoxy) is 1. The maximum absolute atomic E-state index is 8.70. The van der Waals surface area contributed by atoms with Crippen molar-refractivity contribution >= 4 is 5.82 Å². The van der Waals surface area contributed by atoms with Crippen LogP contribution in [-0.2, 0) is 4.74 Å². The van der Waals surface area contributed by atoms with Crippen molar-refractivity contribution in [3.05, 3.63) is 23.9 Å². The molecule has 0 bridgehead atoms. The van der Waals surface area contributed by atoms with Crippen molar-refractivity contribution in [2.24, 2.45) is 0 Å². The Labute approximate surface area is 95.5 Å². The van der Waals surface area contributed by atoms with Crippen LogP contribution in [0.1, 0.15) is 18.4 Å². The fourth-order valence-electron chi connectivity index (χ4n) is 1.98. The van der Waals surface area contributed by atoms with E-state index in [1.165, 1.54) is 0 Å². The van der Waals surface area contributed by atoms with Crippen LogP contribution in [0, 0.1) is 11.3 Å². The van der Waals surface area contributed by atoms with E-state index in [4.69, 9.17) is 10.00 Å². The Morgan fingerprint density at radius 2 is 2.44 bits per heavy atom. The van der Waals surface area contributed by atoms with Gasteiger partial charge in [-0.05, 0) is 25.0 Å². The van der Waals surface area contributed by atoms with Gasteiger partial charge in [0.25, 0.3) is 0 Å². The summed E-state index contributed by atoms with van der Waals surface area (Å²) in [5, 5.41) is 8.70. The Morgan fingerprint density at radius 1 is 1.56 bits per heavy atom. The summed E-state index contributed by atoms with van der Waals surface area (Å²) in [6, 6.07) is 5.78. The van der Waals surface area contributed by atoms with Crippen molar-refractivity contribution in [1.82, 2.24) is 4.98 Å². The third kappa shape index (κ3) is 2.31. The quantitative estimate of drug-likeness (QED) is 0.754. The van der Waals surface area contributed by atoms with Crippen LogP contribution in [0.3, 0.4) is 0 Å². The van der Waals surface area contributed by atoms with E-state index >= 15 is 0 Å². The molecule has 0 aromatic carbocycles. The van der Waals surface area contributed by atoms with E-state index < -0.39 is 0 Å². The van der Waals surface area contributed by atoms with Crippen LogP contribution >= 0.6 is 0 Å². The molecule has 1 aliphatic heterocycles. The van der Waals surface area contributed by atoms with Crippen molar-refractivity contribution in [1.29, 1.82) is 5.26 Å². The third-order valence-corrected chi connectivity index (χ3v) is 2.91. The minimum atomic E-state index is 0.297. The first kappa shape index (κ1) is 10.9. The Kier molecular flexibility index (Phi) is 3.37. The van der Waals surface area contributed by atoms with E-state index in [0.29, 0.717) is 11.7 Å². The van der Waals surface area contributed by atoms with Gasteiger partial charge >= 0.3 is 0 Å². The molecule has 0 spiro atoms. The predicted octanol–water partition coefficient (Wildman–Crippen LogP) is 1.57. The zero-order chi connectivity index (χ0) is 11.4. The molecule has 4 heteroatoms. The lowest BCUT2D eigenvalue weighted by molar-refractivity contribution is 0.0891. The number of aromatic nitrogens is 1. The van der Waals surface area contributed by atoms with Crippen LogP contribution in [0.5, 0.6) is 0 Å². The molecule has 1 saturated heterocycles. The summed E-state index contributed by atoms with van der Waals surface area (Å²) in [4.78, 5) is 6.50. The number of rotatable bonds is 2. The molecule has 1 aromatic rings. The second kappa shape index (κ2) is 4.95. The average Bonchev–Trinajstić information content (AvgIpc) is 2.39. The van der Waals surface area contributed by atoms with Crippen LogP contribution in [0.25, 0.3) is 0 Å². The second-order valence-corrected chi connectivity index (χ2v) is 3.96. The van der Waals surface area contributed by atoms with Crippen LogP contribution in [0.2, 0.25) is 0 Å². The van der Waals surface area contributed by atoms with Gasteiger partial charge in [-0.25, -0.2) is 4.98 Å². The maximum atomic E-state index is 8.70. The summed E-state index contributed by atoms with van der Waals surface area (Å²) >= 11 is 0. The minimum absolute atomic E-state index is 0.297. The summed E-state index contributed by atoms with van der Waals surface area (Å²) < 4.78 is 5.37. The molecule has 2 rings (SSSR count). The van der Waals surface area contributed by atoms with Crippen molar-refractivity contribution in [2.75, 3.05) is 25.1 Å². The van der Waals surface area contributed by atoms with E-state index in [-0.39, 0.29) is 0 Å². The first-order chi connectivity index (χ1) is 7.83. The zero-order valence-electron chi connectivity index (χ0n) is 9.39. The largest absolute Gasteiger partial charge is 0.380 e. The number of piperidine rings is 1. The van der Waals surface area contributed by atoms with Gasteiger partial charge in [-0.1, -0.05) is 0 Å². The predicted molar refractivity (Wildman–Crippen MR) is 61.2 cm³/mol. The van der Waals surface area contributed by atoms with E-state index in [1.54, 1.807) is 19.4 Å². The maximum Gasteiger partial charge on any atom is 0.128 e. The summed E-state index contributed by atoms with van der Waals surface area (Å²) in [6.07, 6.45) is 4.15. The van der Waals surface area contributed by atoms with Gasteiger partial charge in [-0.15, -0.1) is 0 Å². The monoisotopic (exact) mass is 217 g/mol. The Balaban J connectivity index is 2.08. The zero-order valence-corrected chi connectivity index (χ0v) is 9.39. The van der Waals surface area contributed by atoms with Gasteiger partial charge in [0.2, 0.25) is 0 Å². The molecule has 0 N–H and O–H groups in total. The summed E-state index contributed by atoms with van der Waals surface area (Å²) in [5.74, 6) is 0.931. The number of anilines is 1. The molecule has 16 heavy (non-hydrogen) atoms. The molecule has 1 aliphatic rings. The molecular weight excluding hydrogens is 202 g/mol. The van der Waals surface area contributed by atoms with Gasteiger partial charge < -0.3 is 9.64 Å². The van der Waals surface area contributed by atoms with E-state index in [9.17, 15) is 0 Å². The smallest absolute Gasteiger partial charge is 0.128 e. The fourth-order valence-corrected chi connectivity index (χ4v) is 1.98. The highest BCUT2D eigenvalue weighted by Gasteiger charge is 2.20. The molecule has 0 saturated carbocycles. The lowest BCUT2D eigenvalue weighted by atomic mass is 10.1. The standard InChI is InChI=1S/C12H15N3O/c1-16-11-3-2-6-15(9-11)12-5-4-10(7-13)8-14-12/h4-5,8,11H,2-3,6,9H2,1H3/t11-/m0/s1. The highest BCUT2D eigenvalue weighted by molar-refractivity contribution is 5.42. The Morgan fingerprint density at radius 3 is 3.06 bits per heavy atom.